The Balaban J connectivity index is 3.71. The maximum absolute atomic E-state index is 11.9. The van der Waals surface area contributed by atoms with E-state index < -0.39 is 11.5 Å². The van der Waals surface area contributed by atoms with Crippen LogP contribution < -0.4 is 14.8 Å². The second-order valence-electron chi connectivity index (χ2n) is 3.13. The molecule has 0 N–H and O–H groups in total. The van der Waals surface area contributed by atoms with E-state index in [0.29, 0.717) is 4.53 Å². The first-order chi connectivity index (χ1) is 8.58. The molecular formula is C11H9N3O3S. The van der Waals surface area contributed by atoms with E-state index >= 15 is 0 Å². The summed E-state index contributed by atoms with van der Waals surface area (Å²) in [5.74, 6) is -0.617. The quantitative estimate of drug-likeness (QED) is 0.643. The minimum atomic E-state index is -0.617. The lowest BCUT2D eigenvalue weighted by Gasteiger charge is -1.99. The molecule has 0 aliphatic rings. The fourth-order valence-corrected chi connectivity index (χ4v) is 2.23. The summed E-state index contributed by atoms with van der Waals surface area (Å²) in [5.41, 5.74) is -0.611. The lowest BCUT2D eigenvalue weighted by atomic mass is 10.4. The van der Waals surface area contributed by atoms with Gasteiger partial charge in [-0.05, 0) is 6.92 Å². The van der Waals surface area contributed by atoms with Gasteiger partial charge in [-0.15, -0.1) is 11.3 Å². The first-order valence-electron chi connectivity index (χ1n) is 4.86. The molecule has 0 atom stereocenters. The zero-order valence-corrected chi connectivity index (χ0v) is 10.6. The van der Waals surface area contributed by atoms with Crippen LogP contribution in [-0.2, 0) is 16.1 Å². The van der Waals surface area contributed by atoms with E-state index in [1.165, 1.54) is 7.11 Å². The van der Waals surface area contributed by atoms with Gasteiger partial charge in [-0.1, -0.05) is 6.08 Å². The van der Waals surface area contributed by atoms with E-state index in [1.807, 2.05) is 0 Å². The molecule has 0 fully saturated rings. The molecule has 0 saturated carbocycles. The number of nitrogens with zero attached hydrogens (tertiary/aromatic N) is 3. The zero-order valence-electron chi connectivity index (χ0n) is 9.76. The summed E-state index contributed by atoms with van der Waals surface area (Å²) in [6.07, 6.45) is 1.57. The summed E-state index contributed by atoms with van der Waals surface area (Å²) < 4.78 is 6.09. The van der Waals surface area contributed by atoms with Gasteiger partial charge in [0.25, 0.3) is 5.56 Å². The number of esters is 1. The van der Waals surface area contributed by atoms with Gasteiger partial charge in [-0.2, -0.15) is 10.5 Å². The molecule has 1 aromatic rings. The van der Waals surface area contributed by atoms with Gasteiger partial charge >= 0.3 is 5.97 Å². The van der Waals surface area contributed by atoms with E-state index in [9.17, 15) is 9.59 Å². The minimum absolute atomic E-state index is 0.170. The molecule has 0 unspecified atom stereocenters. The standard InChI is InChI=1S/C11H9N3O3S/c1-3-8-10(16)14(6-9(15)17-2)11(18-8)7(4-12)5-13/h3H,6H2,1-2H3. The summed E-state index contributed by atoms with van der Waals surface area (Å²) in [4.78, 5) is 23.1. The summed E-state index contributed by atoms with van der Waals surface area (Å²) in [6.45, 7) is 1.35. The second-order valence-corrected chi connectivity index (χ2v) is 4.16. The fourth-order valence-electron chi connectivity index (χ4n) is 1.25. The van der Waals surface area contributed by atoms with Crippen LogP contribution >= 0.6 is 11.3 Å². The van der Waals surface area contributed by atoms with Crippen molar-refractivity contribution in [2.45, 2.75) is 13.5 Å². The van der Waals surface area contributed by atoms with Crippen molar-refractivity contribution in [3.05, 3.63) is 19.5 Å². The number of carbonyl (C=O) groups excluding carboxylic acids is 1. The number of hydrogen-bond acceptors (Lipinski definition) is 6. The summed E-state index contributed by atoms with van der Waals surface area (Å²) in [5, 5.41) is 17.6. The SMILES string of the molecule is CC=c1sc(=C(C#N)C#N)n(CC(=O)OC)c1=O. The molecule has 1 heterocycles. The van der Waals surface area contributed by atoms with Crippen LogP contribution in [0, 0.1) is 22.7 Å². The van der Waals surface area contributed by atoms with E-state index in [0.717, 1.165) is 15.9 Å². The molecule has 18 heavy (non-hydrogen) atoms. The Morgan fingerprint density at radius 2 is 2.11 bits per heavy atom. The molecule has 6 nitrogen and oxygen atoms in total. The molecule has 0 spiro atoms. The van der Waals surface area contributed by atoms with Crippen molar-refractivity contribution in [1.82, 2.24) is 4.57 Å². The molecule has 0 aliphatic heterocycles. The predicted molar refractivity (Wildman–Crippen MR) is 64.6 cm³/mol. The average molecular weight is 263 g/mol. The lowest BCUT2D eigenvalue weighted by Crippen LogP contribution is -2.34. The molecular weight excluding hydrogens is 254 g/mol. The van der Waals surface area contributed by atoms with Crippen LogP contribution in [0.4, 0.5) is 0 Å². The summed E-state index contributed by atoms with van der Waals surface area (Å²) in [7, 11) is 1.20. The topological polar surface area (TPSA) is 95.9 Å². The molecule has 0 amide bonds. The third-order valence-corrected chi connectivity index (χ3v) is 3.37. The third kappa shape index (κ3) is 2.47. The van der Waals surface area contributed by atoms with Gasteiger partial charge < -0.3 is 4.74 Å². The van der Waals surface area contributed by atoms with E-state index in [2.05, 4.69) is 4.74 Å². The van der Waals surface area contributed by atoms with Crippen LogP contribution in [0.15, 0.2) is 4.79 Å². The number of aromatic nitrogens is 1. The smallest absolute Gasteiger partial charge is 0.325 e. The molecule has 0 aromatic carbocycles. The predicted octanol–water partition coefficient (Wildman–Crippen LogP) is -0.919. The first kappa shape index (κ1) is 13.7. The van der Waals surface area contributed by atoms with Crippen molar-refractivity contribution in [3.63, 3.8) is 0 Å². The Morgan fingerprint density at radius 3 is 2.56 bits per heavy atom. The van der Waals surface area contributed by atoms with Crippen LogP contribution in [0.25, 0.3) is 11.6 Å². The Hall–Kier alpha value is -2.38. The van der Waals surface area contributed by atoms with Crippen molar-refractivity contribution < 1.29 is 9.53 Å². The van der Waals surface area contributed by atoms with E-state index in [1.54, 1.807) is 25.1 Å². The van der Waals surface area contributed by atoms with Crippen molar-refractivity contribution in [2.75, 3.05) is 7.11 Å². The number of ether oxygens (including phenoxy) is 1. The maximum Gasteiger partial charge on any atom is 0.325 e. The number of rotatable bonds is 2. The summed E-state index contributed by atoms with van der Waals surface area (Å²) in [6, 6.07) is 3.41. The van der Waals surface area contributed by atoms with Gasteiger partial charge in [-0.25, -0.2) is 0 Å². The molecule has 1 rings (SSSR count). The van der Waals surface area contributed by atoms with Crippen LogP contribution in [0.1, 0.15) is 6.92 Å². The second kappa shape index (κ2) is 5.80. The van der Waals surface area contributed by atoms with Gasteiger partial charge in [0.15, 0.2) is 5.57 Å². The molecule has 0 bridgehead atoms. The van der Waals surface area contributed by atoms with Crippen LogP contribution in [0.5, 0.6) is 0 Å². The molecule has 0 radical (unpaired) electrons. The normalized spacial score (nSPS) is 10.6. The van der Waals surface area contributed by atoms with Gasteiger partial charge in [0, 0.05) is 0 Å². The number of thiazole rings is 1. The van der Waals surface area contributed by atoms with Gasteiger partial charge in [0.2, 0.25) is 0 Å². The third-order valence-electron chi connectivity index (χ3n) is 2.12. The highest BCUT2D eigenvalue weighted by atomic mass is 32.1. The number of methoxy groups -OCH3 is 1. The Kier molecular flexibility index (Phi) is 4.41. The molecule has 1 aromatic heterocycles. The van der Waals surface area contributed by atoms with Crippen molar-refractivity contribution in [2.24, 2.45) is 0 Å². The fraction of sp³-hybridized carbons (Fsp3) is 0.273. The Labute approximate surface area is 106 Å². The number of nitriles is 2. The molecule has 0 aliphatic carbocycles. The highest BCUT2D eigenvalue weighted by Gasteiger charge is 2.12. The van der Waals surface area contributed by atoms with E-state index in [-0.39, 0.29) is 16.8 Å². The van der Waals surface area contributed by atoms with Crippen molar-refractivity contribution in [1.29, 1.82) is 10.5 Å². The van der Waals surface area contributed by atoms with Crippen LogP contribution in [0.3, 0.4) is 0 Å². The van der Waals surface area contributed by atoms with Crippen LogP contribution in [0.2, 0.25) is 0 Å². The monoisotopic (exact) mass is 263 g/mol. The highest BCUT2D eigenvalue weighted by Crippen LogP contribution is 1.89. The first-order valence-corrected chi connectivity index (χ1v) is 5.68. The van der Waals surface area contributed by atoms with Crippen molar-refractivity contribution in [3.8, 4) is 12.1 Å². The van der Waals surface area contributed by atoms with Crippen molar-refractivity contribution >= 4 is 29.0 Å². The Morgan fingerprint density at radius 1 is 1.50 bits per heavy atom. The number of hydrogen-bond donors (Lipinski definition) is 0. The highest BCUT2D eigenvalue weighted by molar-refractivity contribution is 7.07. The van der Waals surface area contributed by atoms with Crippen LogP contribution in [-0.4, -0.2) is 17.6 Å². The molecule has 0 saturated heterocycles. The van der Waals surface area contributed by atoms with Gasteiger partial charge in [-0.3, -0.25) is 14.2 Å². The maximum atomic E-state index is 11.9. The molecule has 7 heteroatoms. The van der Waals surface area contributed by atoms with Gasteiger partial charge in [0.05, 0.1) is 11.6 Å². The van der Waals surface area contributed by atoms with Gasteiger partial charge in [0.1, 0.15) is 23.3 Å². The summed E-state index contributed by atoms with van der Waals surface area (Å²) >= 11 is 1.00. The van der Waals surface area contributed by atoms with E-state index in [4.69, 9.17) is 10.5 Å². The Bertz CT molecular complexity index is 712. The lowest BCUT2D eigenvalue weighted by molar-refractivity contribution is -0.141. The average Bonchev–Trinajstić information content (AvgIpc) is 2.69. The number of carbonyl (C=O) groups is 1. The minimum Gasteiger partial charge on any atom is -0.468 e. The largest absolute Gasteiger partial charge is 0.468 e. The molecule has 92 valence electrons. The zero-order chi connectivity index (χ0) is 13.7.